The van der Waals surface area contributed by atoms with Gasteiger partial charge < -0.3 is 10.3 Å². The predicted molar refractivity (Wildman–Crippen MR) is 68.9 cm³/mol. The van der Waals surface area contributed by atoms with Crippen LogP contribution in [0.25, 0.3) is 11.0 Å². The molecule has 0 amide bonds. The zero-order chi connectivity index (χ0) is 13.6. The molecule has 2 rings (SSSR count). The van der Waals surface area contributed by atoms with Crippen LogP contribution in [-0.2, 0) is 7.05 Å². The van der Waals surface area contributed by atoms with E-state index >= 15 is 0 Å². The third kappa shape index (κ3) is 3.05. The molecule has 0 aliphatic rings. The highest BCUT2D eigenvalue weighted by Gasteiger charge is 2.08. The molecule has 0 aliphatic carbocycles. The molecular weight excluding hydrogens is 223 g/mol. The van der Waals surface area contributed by atoms with E-state index in [0.717, 1.165) is 5.56 Å². The SMILES string of the molecule is CC.CF.Cc1cn(C)c2nc(N)[nH]c(=O)c12. The number of aromatic amines is 1. The summed E-state index contributed by atoms with van der Waals surface area (Å²) in [7, 11) is 2.33. The first-order valence-corrected chi connectivity index (χ1v) is 5.29. The molecule has 6 heteroatoms. The van der Waals surface area contributed by atoms with Gasteiger partial charge in [-0.1, -0.05) is 13.8 Å². The number of fused-ring (bicyclic) bond motifs is 1. The maximum Gasteiger partial charge on any atom is 0.262 e. The standard InChI is InChI=1S/C8H10N4O.C2H6.CH3F/c1-4-3-12(2)6-5(4)7(13)11-8(9)10-6;2*1-2/h3H,1-2H3,(H3,9,10,11,13);1-2H3;1H3. The largest absolute Gasteiger partial charge is 0.369 e. The quantitative estimate of drug-likeness (QED) is 0.739. The second kappa shape index (κ2) is 6.67. The van der Waals surface area contributed by atoms with Gasteiger partial charge in [-0.15, -0.1) is 0 Å². The van der Waals surface area contributed by atoms with Crippen LogP contribution in [0.1, 0.15) is 19.4 Å². The minimum atomic E-state index is -0.180. The van der Waals surface area contributed by atoms with Gasteiger partial charge in [0.15, 0.2) is 0 Å². The molecule has 3 N–H and O–H groups in total. The average molecular weight is 242 g/mol. The van der Waals surface area contributed by atoms with E-state index < -0.39 is 0 Å². The first-order chi connectivity index (χ1) is 8.09. The molecular formula is C11H19FN4O. The summed E-state index contributed by atoms with van der Waals surface area (Å²) in [6, 6.07) is 0. The van der Waals surface area contributed by atoms with Crippen molar-refractivity contribution < 1.29 is 4.39 Å². The highest BCUT2D eigenvalue weighted by atomic mass is 19.1. The van der Waals surface area contributed by atoms with E-state index in [-0.39, 0.29) is 11.5 Å². The van der Waals surface area contributed by atoms with Crippen LogP contribution in [-0.4, -0.2) is 21.7 Å². The number of nitrogen functional groups attached to an aromatic ring is 1. The van der Waals surface area contributed by atoms with Crippen LogP contribution in [0, 0.1) is 6.92 Å². The fraction of sp³-hybridized carbons (Fsp3) is 0.455. The van der Waals surface area contributed by atoms with E-state index in [0.29, 0.717) is 18.2 Å². The van der Waals surface area contributed by atoms with Crippen molar-refractivity contribution in [2.75, 3.05) is 12.9 Å². The summed E-state index contributed by atoms with van der Waals surface area (Å²) in [5.74, 6) is 0.152. The molecule has 0 fully saturated rings. The fourth-order valence-corrected chi connectivity index (χ4v) is 1.51. The van der Waals surface area contributed by atoms with Crippen molar-refractivity contribution >= 4 is 17.0 Å². The molecule has 0 spiro atoms. The lowest BCUT2D eigenvalue weighted by Gasteiger charge is -1.95. The van der Waals surface area contributed by atoms with Gasteiger partial charge in [0.2, 0.25) is 5.95 Å². The normalized spacial score (nSPS) is 9.06. The Hall–Kier alpha value is -1.85. The molecule has 0 atom stereocenters. The maximum absolute atomic E-state index is 11.4. The summed E-state index contributed by atoms with van der Waals surface area (Å²) in [4.78, 5) is 18.0. The van der Waals surface area contributed by atoms with Gasteiger partial charge in [-0.3, -0.25) is 14.2 Å². The molecule has 0 aliphatic heterocycles. The summed E-state index contributed by atoms with van der Waals surface area (Å²) in [5.41, 5.74) is 6.78. The molecule has 0 saturated carbocycles. The van der Waals surface area contributed by atoms with Crippen molar-refractivity contribution in [3.63, 3.8) is 0 Å². The number of rotatable bonds is 0. The first kappa shape index (κ1) is 15.2. The Morgan fingerprint density at radius 2 is 1.94 bits per heavy atom. The number of halogens is 1. The highest BCUT2D eigenvalue weighted by molar-refractivity contribution is 5.79. The van der Waals surface area contributed by atoms with Crippen molar-refractivity contribution in [2.45, 2.75) is 20.8 Å². The molecule has 0 bridgehead atoms. The Balaban J connectivity index is 0.000000581. The zero-order valence-corrected chi connectivity index (χ0v) is 10.8. The van der Waals surface area contributed by atoms with Crippen LogP contribution in [0.4, 0.5) is 10.3 Å². The molecule has 17 heavy (non-hydrogen) atoms. The van der Waals surface area contributed by atoms with Gasteiger partial charge in [0, 0.05) is 13.2 Å². The Kier molecular flexibility index (Phi) is 5.95. The summed E-state index contributed by atoms with van der Waals surface area (Å²) >= 11 is 0. The van der Waals surface area contributed by atoms with E-state index in [1.54, 1.807) is 4.57 Å². The van der Waals surface area contributed by atoms with Gasteiger partial charge in [-0.25, -0.2) is 0 Å². The molecule has 2 aromatic rings. The van der Waals surface area contributed by atoms with Crippen LogP contribution in [0.3, 0.4) is 0 Å². The van der Waals surface area contributed by atoms with Crippen molar-refractivity contribution in [1.82, 2.24) is 14.5 Å². The number of hydrogen-bond donors (Lipinski definition) is 2. The van der Waals surface area contributed by atoms with E-state index in [9.17, 15) is 9.18 Å². The Morgan fingerprint density at radius 1 is 1.41 bits per heavy atom. The van der Waals surface area contributed by atoms with E-state index in [2.05, 4.69) is 9.97 Å². The number of alkyl halides is 1. The smallest absolute Gasteiger partial charge is 0.262 e. The fourth-order valence-electron chi connectivity index (χ4n) is 1.51. The number of hydrogen-bond acceptors (Lipinski definition) is 3. The van der Waals surface area contributed by atoms with Crippen molar-refractivity contribution in [2.24, 2.45) is 7.05 Å². The molecule has 2 aromatic heterocycles. The average Bonchev–Trinajstić information content (AvgIpc) is 2.60. The number of anilines is 1. The minimum Gasteiger partial charge on any atom is -0.369 e. The third-order valence-corrected chi connectivity index (χ3v) is 2.03. The second-order valence-corrected chi connectivity index (χ2v) is 3.07. The van der Waals surface area contributed by atoms with Crippen LogP contribution in [0.5, 0.6) is 0 Å². The van der Waals surface area contributed by atoms with Crippen molar-refractivity contribution in [3.8, 4) is 0 Å². The summed E-state index contributed by atoms with van der Waals surface area (Å²) in [5, 5.41) is 0.608. The first-order valence-electron chi connectivity index (χ1n) is 5.29. The molecule has 5 nitrogen and oxygen atoms in total. The van der Waals surface area contributed by atoms with Gasteiger partial charge in [0.05, 0.1) is 12.6 Å². The zero-order valence-electron chi connectivity index (χ0n) is 10.8. The van der Waals surface area contributed by atoms with E-state index in [4.69, 9.17) is 5.73 Å². The van der Waals surface area contributed by atoms with Gasteiger partial charge in [-0.05, 0) is 12.5 Å². The number of aryl methyl sites for hydroxylation is 2. The van der Waals surface area contributed by atoms with Crippen molar-refractivity contribution in [3.05, 3.63) is 22.1 Å². The molecule has 0 unspecified atom stereocenters. The Bertz CT molecular complexity index is 530. The van der Waals surface area contributed by atoms with Crippen LogP contribution >= 0.6 is 0 Å². The summed E-state index contributed by atoms with van der Waals surface area (Å²) in [6.07, 6.45) is 1.85. The number of H-pyrrole nitrogens is 1. The molecule has 96 valence electrons. The van der Waals surface area contributed by atoms with Gasteiger partial charge in [0.25, 0.3) is 5.56 Å². The van der Waals surface area contributed by atoms with Gasteiger partial charge >= 0.3 is 0 Å². The highest BCUT2D eigenvalue weighted by Crippen LogP contribution is 2.13. The van der Waals surface area contributed by atoms with Gasteiger partial charge in [-0.2, -0.15) is 4.98 Å². The molecule has 2 heterocycles. The third-order valence-electron chi connectivity index (χ3n) is 2.03. The van der Waals surface area contributed by atoms with Gasteiger partial charge in [0.1, 0.15) is 5.65 Å². The number of aromatic nitrogens is 3. The topological polar surface area (TPSA) is 76.7 Å². The summed E-state index contributed by atoms with van der Waals surface area (Å²) < 4.78 is 11.3. The monoisotopic (exact) mass is 242 g/mol. The predicted octanol–water partition coefficient (Wildman–Crippen LogP) is 1.76. The lowest BCUT2D eigenvalue weighted by Crippen LogP contribution is -2.11. The second-order valence-electron chi connectivity index (χ2n) is 3.07. The van der Waals surface area contributed by atoms with Crippen LogP contribution in [0.15, 0.2) is 11.0 Å². The number of nitrogens with zero attached hydrogens (tertiary/aromatic N) is 2. The van der Waals surface area contributed by atoms with E-state index in [1.165, 1.54) is 0 Å². The lowest BCUT2D eigenvalue weighted by atomic mass is 10.3. The lowest BCUT2D eigenvalue weighted by molar-refractivity contribution is 0.636. The van der Waals surface area contributed by atoms with Crippen LogP contribution in [0.2, 0.25) is 0 Å². The maximum atomic E-state index is 11.4. The van der Waals surface area contributed by atoms with Crippen LogP contribution < -0.4 is 11.3 Å². The van der Waals surface area contributed by atoms with Crippen molar-refractivity contribution in [1.29, 1.82) is 0 Å². The van der Waals surface area contributed by atoms with E-state index in [1.807, 2.05) is 34.0 Å². The number of nitrogens with one attached hydrogen (secondary N) is 1. The Labute approximate surface area is 99.5 Å². The minimum absolute atomic E-state index is 0.152. The molecule has 0 saturated heterocycles. The summed E-state index contributed by atoms with van der Waals surface area (Å²) in [6.45, 7) is 5.87. The molecule has 0 radical (unpaired) electrons. The molecule has 0 aromatic carbocycles. The number of nitrogens with two attached hydrogens (primary N) is 1. The Morgan fingerprint density at radius 3 is 2.47 bits per heavy atom.